The quantitative estimate of drug-likeness (QED) is 0.531. The fourth-order valence-corrected chi connectivity index (χ4v) is 6.33. The van der Waals surface area contributed by atoms with Crippen molar-refractivity contribution in [2.45, 2.75) is 53.0 Å². The molecule has 4 nitrogen and oxygen atoms in total. The number of anilines is 1. The average Bonchev–Trinajstić information content (AvgIpc) is 2.95. The number of nitrogens with zero attached hydrogens (tertiary/aromatic N) is 2. The minimum Gasteiger partial charge on any atom is -0.335 e. The van der Waals surface area contributed by atoms with Crippen LogP contribution in [-0.4, -0.2) is 36.3 Å². The number of benzene rings is 2. The maximum absolute atomic E-state index is 13.3. The van der Waals surface area contributed by atoms with Gasteiger partial charge in [-0.25, -0.2) is 0 Å². The van der Waals surface area contributed by atoms with Gasteiger partial charge in [0.2, 0.25) is 0 Å². The number of rotatable bonds is 3. The Hall–Kier alpha value is -2.14. The Labute approximate surface area is 193 Å². The Bertz CT molecular complexity index is 1030. The molecule has 2 amide bonds. The third kappa shape index (κ3) is 4.30. The molecule has 2 aromatic rings. The van der Waals surface area contributed by atoms with Gasteiger partial charge in [-0.05, 0) is 85.0 Å². The van der Waals surface area contributed by atoms with E-state index in [1.54, 1.807) is 11.9 Å². The van der Waals surface area contributed by atoms with Gasteiger partial charge in [0.15, 0.2) is 0 Å². The van der Waals surface area contributed by atoms with Gasteiger partial charge >= 0.3 is 0 Å². The summed E-state index contributed by atoms with van der Waals surface area (Å²) in [6.07, 6.45) is 3.34. The smallest absolute Gasteiger partial charge is 0.258 e. The van der Waals surface area contributed by atoms with Crippen LogP contribution in [0.5, 0.6) is 0 Å². The van der Waals surface area contributed by atoms with E-state index in [1.165, 1.54) is 6.42 Å². The van der Waals surface area contributed by atoms with E-state index >= 15 is 0 Å². The average molecular weight is 483 g/mol. The lowest BCUT2D eigenvalue weighted by Gasteiger charge is -2.39. The molecule has 2 bridgehead atoms. The zero-order valence-corrected chi connectivity index (χ0v) is 20.6. The maximum Gasteiger partial charge on any atom is 0.258 e. The molecule has 0 radical (unpaired) electrons. The van der Waals surface area contributed by atoms with Gasteiger partial charge in [0.05, 0.1) is 0 Å². The molecule has 31 heavy (non-hydrogen) atoms. The SMILES string of the molecule is Cc1cc(Br)ccc1C(=O)N(C)c1ccc(C(=O)N2CC3(C)CC2CC(C)(C)C3)cc1. The third-order valence-electron chi connectivity index (χ3n) is 6.90. The number of hydrogen-bond donors (Lipinski definition) is 0. The van der Waals surface area contributed by atoms with Gasteiger partial charge in [0.1, 0.15) is 0 Å². The van der Waals surface area contributed by atoms with Crippen molar-refractivity contribution in [1.82, 2.24) is 4.90 Å². The fraction of sp³-hybridized carbons (Fsp3) is 0.462. The van der Waals surface area contributed by atoms with Crippen molar-refractivity contribution in [3.8, 4) is 0 Å². The van der Waals surface area contributed by atoms with Gasteiger partial charge in [-0.3, -0.25) is 9.59 Å². The molecule has 164 valence electrons. The highest BCUT2D eigenvalue weighted by atomic mass is 79.9. The molecule has 1 heterocycles. The highest BCUT2D eigenvalue weighted by Gasteiger charge is 2.51. The molecule has 2 fully saturated rings. The summed E-state index contributed by atoms with van der Waals surface area (Å²) >= 11 is 3.44. The lowest BCUT2D eigenvalue weighted by atomic mass is 9.65. The number of aryl methyl sites for hydroxylation is 1. The van der Waals surface area contributed by atoms with Gasteiger partial charge in [-0.15, -0.1) is 0 Å². The molecule has 1 saturated heterocycles. The summed E-state index contributed by atoms with van der Waals surface area (Å²) in [5.74, 6) is 0.0447. The number of carbonyl (C=O) groups excluding carboxylic acids is 2. The molecule has 2 aromatic carbocycles. The molecule has 4 rings (SSSR count). The number of carbonyl (C=O) groups is 2. The van der Waals surface area contributed by atoms with Crippen LogP contribution in [-0.2, 0) is 0 Å². The summed E-state index contributed by atoms with van der Waals surface area (Å²) in [6.45, 7) is 9.73. The summed E-state index contributed by atoms with van der Waals surface area (Å²) in [5, 5.41) is 0. The normalized spacial score (nSPS) is 24.2. The van der Waals surface area contributed by atoms with Crippen LogP contribution in [0.3, 0.4) is 0 Å². The lowest BCUT2D eigenvalue weighted by molar-refractivity contribution is 0.0708. The molecular weight excluding hydrogens is 452 g/mol. The van der Waals surface area contributed by atoms with Crippen LogP contribution >= 0.6 is 15.9 Å². The van der Waals surface area contributed by atoms with Crippen LogP contribution < -0.4 is 4.90 Å². The van der Waals surface area contributed by atoms with Crippen molar-refractivity contribution >= 4 is 33.4 Å². The van der Waals surface area contributed by atoms with Crippen LogP contribution in [0.4, 0.5) is 5.69 Å². The van der Waals surface area contributed by atoms with Crippen LogP contribution in [0.2, 0.25) is 0 Å². The Balaban J connectivity index is 1.50. The first-order chi connectivity index (χ1) is 14.5. The minimum absolute atomic E-state index is 0.0624. The van der Waals surface area contributed by atoms with E-state index in [0.29, 0.717) is 17.2 Å². The van der Waals surface area contributed by atoms with Gasteiger partial charge in [-0.1, -0.05) is 36.7 Å². The van der Waals surface area contributed by atoms with Crippen molar-refractivity contribution in [3.05, 3.63) is 63.6 Å². The number of halogens is 1. The first-order valence-corrected chi connectivity index (χ1v) is 11.7. The minimum atomic E-state index is -0.0624. The maximum atomic E-state index is 13.3. The Morgan fingerprint density at radius 2 is 1.74 bits per heavy atom. The molecule has 1 aliphatic heterocycles. The zero-order chi connectivity index (χ0) is 22.6. The van der Waals surface area contributed by atoms with E-state index in [4.69, 9.17) is 0 Å². The predicted octanol–water partition coefficient (Wildman–Crippen LogP) is 6.07. The first kappa shape index (κ1) is 22.1. The number of amides is 2. The third-order valence-corrected chi connectivity index (χ3v) is 7.39. The predicted molar refractivity (Wildman–Crippen MR) is 129 cm³/mol. The standard InChI is InChI=1S/C26H31BrN2O2/c1-17-12-19(27)8-11-22(17)24(31)28(5)20-9-6-18(7-10-20)23(30)29-16-26(4)14-21(29)13-25(2,3)15-26/h6-12,21H,13-16H2,1-5H3. The number of likely N-dealkylation sites (tertiary alicyclic amines) is 1. The molecular formula is C26H31BrN2O2. The van der Waals surface area contributed by atoms with Crippen molar-refractivity contribution in [3.63, 3.8) is 0 Å². The second-order valence-electron chi connectivity index (χ2n) is 10.5. The largest absolute Gasteiger partial charge is 0.335 e. The van der Waals surface area contributed by atoms with Gasteiger partial charge in [0.25, 0.3) is 11.8 Å². The summed E-state index contributed by atoms with van der Waals surface area (Å²) in [6, 6.07) is 13.4. The summed E-state index contributed by atoms with van der Waals surface area (Å²) in [7, 11) is 1.77. The Kier molecular flexibility index (Phi) is 5.53. The van der Waals surface area contributed by atoms with E-state index in [1.807, 2.05) is 49.4 Å². The summed E-state index contributed by atoms with van der Waals surface area (Å²) in [5.41, 5.74) is 3.57. The van der Waals surface area contributed by atoms with Crippen molar-refractivity contribution in [2.24, 2.45) is 10.8 Å². The highest BCUT2D eigenvalue weighted by molar-refractivity contribution is 9.10. The van der Waals surface area contributed by atoms with Gasteiger partial charge < -0.3 is 9.80 Å². The summed E-state index contributed by atoms with van der Waals surface area (Å²) < 4.78 is 0.954. The highest BCUT2D eigenvalue weighted by Crippen LogP contribution is 2.52. The van der Waals surface area contributed by atoms with E-state index < -0.39 is 0 Å². The van der Waals surface area contributed by atoms with Crippen molar-refractivity contribution in [1.29, 1.82) is 0 Å². The van der Waals surface area contributed by atoms with Crippen molar-refractivity contribution in [2.75, 3.05) is 18.5 Å². The molecule has 2 aliphatic rings. The van der Waals surface area contributed by atoms with Gasteiger partial charge in [-0.2, -0.15) is 0 Å². The van der Waals surface area contributed by atoms with Crippen LogP contribution in [0.15, 0.2) is 46.9 Å². The molecule has 2 atom stereocenters. The number of hydrogen-bond acceptors (Lipinski definition) is 2. The molecule has 0 N–H and O–H groups in total. The monoisotopic (exact) mass is 482 g/mol. The molecule has 1 saturated carbocycles. The van der Waals surface area contributed by atoms with Crippen LogP contribution in [0.1, 0.15) is 66.3 Å². The Morgan fingerprint density at radius 3 is 2.39 bits per heavy atom. The fourth-order valence-electron chi connectivity index (χ4n) is 5.86. The van der Waals surface area contributed by atoms with Crippen LogP contribution in [0.25, 0.3) is 0 Å². The molecule has 0 aromatic heterocycles. The Morgan fingerprint density at radius 1 is 1.06 bits per heavy atom. The van der Waals surface area contributed by atoms with Crippen LogP contribution in [0, 0.1) is 17.8 Å². The zero-order valence-electron chi connectivity index (χ0n) is 19.0. The van der Waals surface area contributed by atoms with E-state index in [9.17, 15) is 9.59 Å². The molecule has 2 unspecified atom stereocenters. The second-order valence-corrected chi connectivity index (χ2v) is 11.4. The molecule has 1 aliphatic carbocycles. The topological polar surface area (TPSA) is 40.6 Å². The molecule has 5 heteroatoms. The van der Waals surface area contributed by atoms with E-state index in [-0.39, 0.29) is 22.6 Å². The first-order valence-electron chi connectivity index (χ1n) is 10.9. The summed E-state index contributed by atoms with van der Waals surface area (Å²) in [4.78, 5) is 30.0. The lowest BCUT2D eigenvalue weighted by Crippen LogP contribution is -2.37. The second kappa shape index (κ2) is 7.77. The van der Waals surface area contributed by atoms with E-state index in [0.717, 1.165) is 35.1 Å². The number of fused-ring (bicyclic) bond motifs is 2. The van der Waals surface area contributed by atoms with Crippen molar-refractivity contribution < 1.29 is 9.59 Å². The molecule has 0 spiro atoms. The van der Waals surface area contributed by atoms with Gasteiger partial charge in [0, 0.05) is 40.9 Å². The van der Waals surface area contributed by atoms with E-state index in [2.05, 4.69) is 41.6 Å².